The summed E-state index contributed by atoms with van der Waals surface area (Å²) in [4.78, 5) is 44.8. The van der Waals surface area contributed by atoms with Crippen LogP contribution >= 0.6 is 0 Å². The molecule has 126 valence electrons. The number of fused-ring (bicyclic) bond motifs is 1. The molecule has 0 saturated carbocycles. The Morgan fingerprint density at radius 1 is 1.21 bits per heavy atom. The van der Waals surface area contributed by atoms with Crippen LogP contribution in [-0.4, -0.2) is 47.4 Å². The zero-order valence-corrected chi connectivity index (χ0v) is 14.2. The van der Waals surface area contributed by atoms with E-state index in [9.17, 15) is 14.4 Å². The highest BCUT2D eigenvalue weighted by Crippen LogP contribution is 2.26. The Labute approximate surface area is 139 Å². The summed E-state index contributed by atoms with van der Waals surface area (Å²) in [6.45, 7) is 1.72. The fraction of sp³-hybridized carbons (Fsp3) is 0.412. The first-order valence-electron chi connectivity index (χ1n) is 7.82. The second-order valence-corrected chi connectivity index (χ2v) is 6.25. The van der Waals surface area contributed by atoms with E-state index >= 15 is 0 Å². The Balaban J connectivity index is 2.26. The number of nitrogens with zero attached hydrogens (tertiary/aromatic N) is 4. The van der Waals surface area contributed by atoms with Crippen LogP contribution < -0.4 is 10.5 Å². The Bertz CT molecular complexity index is 901. The van der Waals surface area contributed by atoms with Crippen molar-refractivity contribution in [1.29, 1.82) is 0 Å². The van der Waals surface area contributed by atoms with Crippen molar-refractivity contribution in [2.75, 3.05) is 26.0 Å². The molecular weight excluding hydrogens is 308 g/mol. The molecule has 3 rings (SSSR count). The molecule has 1 aliphatic rings. The zero-order chi connectivity index (χ0) is 17.6. The fourth-order valence-electron chi connectivity index (χ4n) is 3.21. The Kier molecular flexibility index (Phi) is 3.87. The molecule has 0 bridgehead atoms. The minimum Gasteiger partial charge on any atom is -0.377 e. The molecule has 0 spiro atoms. The average molecular weight is 328 g/mol. The van der Waals surface area contributed by atoms with Crippen molar-refractivity contribution in [1.82, 2.24) is 14.5 Å². The van der Waals surface area contributed by atoms with E-state index in [2.05, 4.69) is 4.98 Å². The van der Waals surface area contributed by atoms with E-state index in [0.29, 0.717) is 23.1 Å². The summed E-state index contributed by atoms with van der Waals surface area (Å²) < 4.78 is 1.43. The van der Waals surface area contributed by atoms with Crippen LogP contribution in [0.2, 0.25) is 0 Å². The second-order valence-electron chi connectivity index (χ2n) is 6.25. The van der Waals surface area contributed by atoms with Crippen LogP contribution in [0, 0.1) is 6.92 Å². The number of imide groups is 1. The van der Waals surface area contributed by atoms with Gasteiger partial charge in [-0.2, -0.15) is 0 Å². The van der Waals surface area contributed by atoms with Gasteiger partial charge in [-0.25, -0.2) is 4.98 Å². The van der Waals surface area contributed by atoms with Crippen LogP contribution in [0.15, 0.2) is 23.0 Å². The number of hydrogen-bond donors (Lipinski definition) is 0. The number of carbonyl (C=O) groups excluding carboxylic acids is 2. The summed E-state index contributed by atoms with van der Waals surface area (Å²) in [5, 5.41) is 0.487. The Morgan fingerprint density at radius 3 is 2.58 bits per heavy atom. The molecule has 7 heteroatoms. The van der Waals surface area contributed by atoms with E-state index in [4.69, 9.17) is 0 Å². The molecule has 1 aromatic heterocycles. The van der Waals surface area contributed by atoms with Crippen LogP contribution in [0.4, 0.5) is 5.69 Å². The Morgan fingerprint density at radius 2 is 1.92 bits per heavy atom. The van der Waals surface area contributed by atoms with Gasteiger partial charge < -0.3 is 4.90 Å². The summed E-state index contributed by atoms with van der Waals surface area (Å²) in [6.07, 6.45) is 0.562. The van der Waals surface area contributed by atoms with E-state index in [1.807, 2.05) is 31.1 Å². The van der Waals surface area contributed by atoms with Gasteiger partial charge in [0.1, 0.15) is 11.9 Å². The van der Waals surface area contributed by atoms with E-state index in [-0.39, 0.29) is 23.8 Å². The predicted octanol–water partition coefficient (Wildman–Crippen LogP) is 1.09. The molecule has 1 saturated heterocycles. The van der Waals surface area contributed by atoms with Gasteiger partial charge in [0.15, 0.2) is 0 Å². The van der Waals surface area contributed by atoms with Crippen molar-refractivity contribution >= 4 is 28.4 Å². The molecule has 1 aliphatic heterocycles. The van der Waals surface area contributed by atoms with E-state index in [1.165, 1.54) is 11.6 Å². The van der Waals surface area contributed by atoms with Gasteiger partial charge in [-0.05, 0) is 25.5 Å². The minimum atomic E-state index is -0.688. The molecule has 2 heterocycles. The van der Waals surface area contributed by atoms with E-state index in [1.54, 1.807) is 13.0 Å². The number of benzene rings is 1. The lowest BCUT2D eigenvalue weighted by Crippen LogP contribution is -2.46. The molecule has 24 heavy (non-hydrogen) atoms. The van der Waals surface area contributed by atoms with Gasteiger partial charge in [0, 0.05) is 27.6 Å². The third-order valence-corrected chi connectivity index (χ3v) is 4.50. The van der Waals surface area contributed by atoms with Gasteiger partial charge in [0.2, 0.25) is 5.91 Å². The smallest absolute Gasteiger partial charge is 0.264 e. The summed E-state index contributed by atoms with van der Waals surface area (Å²) in [6, 6.07) is 4.81. The van der Waals surface area contributed by atoms with Gasteiger partial charge in [0.25, 0.3) is 11.5 Å². The summed E-state index contributed by atoms with van der Waals surface area (Å²) in [5.41, 5.74) is 1.11. The largest absolute Gasteiger partial charge is 0.377 e. The number of piperidine rings is 1. The summed E-state index contributed by atoms with van der Waals surface area (Å²) >= 11 is 0. The van der Waals surface area contributed by atoms with Gasteiger partial charge in [-0.3, -0.25) is 23.9 Å². The van der Waals surface area contributed by atoms with E-state index in [0.717, 1.165) is 10.6 Å². The standard InChI is InChI=1S/C17H20N4O3/c1-10-18-11-6-5-7-12(19(2)3)15(11)17(24)21(10)13-8-9-14(22)20(4)16(13)23/h5-7,13H,8-9H2,1-4H3. The van der Waals surface area contributed by atoms with Crippen molar-refractivity contribution in [2.24, 2.45) is 0 Å². The molecule has 2 amide bonds. The lowest BCUT2D eigenvalue weighted by atomic mass is 10.0. The number of aromatic nitrogens is 2. The van der Waals surface area contributed by atoms with Gasteiger partial charge in [-0.15, -0.1) is 0 Å². The Hall–Kier alpha value is -2.70. The van der Waals surface area contributed by atoms with Crippen molar-refractivity contribution in [3.63, 3.8) is 0 Å². The van der Waals surface area contributed by atoms with Crippen LogP contribution in [0.5, 0.6) is 0 Å². The van der Waals surface area contributed by atoms with Crippen molar-refractivity contribution in [3.05, 3.63) is 34.4 Å². The number of likely N-dealkylation sites (tertiary alicyclic amines) is 1. The number of carbonyl (C=O) groups is 2. The quantitative estimate of drug-likeness (QED) is 0.772. The number of hydrogen-bond acceptors (Lipinski definition) is 5. The number of anilines is 1. The first-order chi connectivity index (χ1) is 11.3. The zero-order valence-electron chi connectivity index (χ0n) is 14.2. The van der Waals surface area contributed by atoms with E-state index < -0.39 is 6.04 Å². The molecular formula is C17H20N4O3. The van der Waals surface area contributed by atoms with Gasteiger partial charge in [0.05, 0.1) is 16.6 Å². The highest BCUT2D eigenvalue weighted by Gasteiger charge is 2.34. The third kappa shape index (κ3) is 2.36. The number of aryl methyl sites for hydroxylation is 1. The second kappa shape index (κ2) is 5.74. The topological polar surface area (TPSA) is 75.5 Å². The lowest BCUT2D eigenvalue weighted by Gasteiger charge is -2.30. The SMILES string of the molecule is Cc1nc2cccc(N(C)C)c2c(=O)n1C1CCC(=O)N(C)C1=O. The maximum Gasteiger partial charge on any atom is 0.264 e. The van der Waals surface area contributed by atoms with Crippen LogP contribution in [-0.2, 0) is 9.59 Å². The monoisotopic (exact) mass is 328 g/mol. The number of rotatable bonds is 2. The number of amides is 2. The van der Waals surface area contributed by atoms with Gasteiger partial charge >= 0.3 is 0 Å². The van der Waals surface area contributed by atoms with Crippen molar-refractivity contribution < 1.29 is 9.59 Å². The van der Waals surface area contributed by atoms with Crippen molar-refractivity contribution in [3.8, 4) is 0 Å². The first kappa shape index (κ1) is 16.2. The normalized spacial score (nSPS) is 18.3. The van der Waals surface area contributed by atoms with Crippen LogP contribution in [0.1, 0.15) is 24.7 Å². The molecule has 1 atom stereocenters. The molecule has 1 aromatic carbocycles. The lowest BCUT2D eigenvalue weighted by molar-refractivity contribution is -0.149. The highest BCUT2D eigenvalue weighted by atomic mass is 16.2. The highest BCUT2D eigenvalue weighted by molar-refractivity contribution is 5.99. The molecule has 7 nitrogen and oxygen atoms in total. The summed E-state index contributed by atoms with van der Waals surface area (Å²) in [5.74, 6) is -0.103. The fourth-order valence-corrected chi connectivity index (χ4v) is 3.21. The predicted molar refractivity (Wildman–Crippen MR) is 91.1 cm³/mol. The van der Waals surface area contributed by atoms with Crippen LogP contribution in [0.25, 0.3) is 10.9 Å². The maximum atomic E-state index is 13.1. The minimum absolute atomic E-state index is 0.218. The molecule has 1 fully saturated rings. The van der Waals surface area contributed by atoms with Crippen molar-refractivity contribution in [2.45, 2.75) is 25.8 Å². The number of likely N-dealkylation sites (N-methyl/N-ethyl adjacent to an activating group) is 1. The molecule has 1 unspecified atom stereocenters. The third-order valence-electron chi connectivity index (χ3n) is 4.50. The molecule has 0 radical (unpaired) electrons. The first-order valence-corrected chi connectivity index (χ1v) is 7.82. The summed E-state index contributed by atoms with van der Waals surface area (Å²) in [7, 11) is 5.17. The molecule has 2 aromatic rings. The molecule has 0 aliphatic carbocycles. The van der Waals surface area contributed by atoms with Crippen LogP contribution in [0.3, 0.4) is 0 Å². The maximum absolute atomic E-state index is 13.1. The molecule has 0 N–H and O–H groups in total. The van der Waals surface area contributed by atoms with Gasteiger partial charge in [-0.1, -0.05) is 6.07 Å². The average Bonchev–Trinajstić information content (AvgIpc) is 2.54.